The van der Waals surface area contributed by atoms with E-state index in [9.17, 15) is 26.4 Å². The largest absolute Gasteiger partial charge is 0.494 e. The number of rotatable bonds is 7. The summed E-state index contributed by atoms with van der Waals surface area (Å²) >= 11 is 0. The predicted octanol–water partition coefficient (Wildman–Crippen LogP) is 2.50. The molecular formula is C21H25F3N4O4S. The summed E-state index contributed by atoms with van der Waals surface area (Å²) in [6, 6.07) is 7.01. The van der Waals surface area contributed by atoms with E-state index in [4.69, 9.17) is 4.74 Å². The number of halogens is 3. The zero-order chi connectivity index (χ0) is 23.8. The van der Waals surface area contributed by atoms with Gasteiger partial charge in [-0.15, -0.1) is 0 Å². The fourth-order valence-electron chi connectivity index (χ4n) is 3.76. The average Bonchev–Trinajstić information content (AvgIpc) is 3.61. The van der Waals surface area contributed by atoms with Crippen molar-refractivity contribution in [2.45, 2.75) is 43.4 Å². The van der Waals surface area contributed by atoms with Gasteiger partial charge in [-0.25, -0.2) is 13.1 Å². The van der Waals surface area contributed by atoms with Crippen molar-refractivity contribution >= 4 is 10.0 Å². The maximum atomic E-state index is 13.3. The van der Waals surface area contributed by atoms with E-state index in [1.807, 2.05) is 6.92 Å². The van der Waals surface area contributed by atoms with Crippen molar-refractivity contribution in [3.63, 3.8) is 0 Å². The fourth-order valence-corrected chi connectivity index (χ4v) is 5.19. The molecule has 0 unspecified atom stereocenters. The molecule has 0 bridgehead atoms. The van der Waals surface area contributed by atoms with E-state index in [0.717, 1.165) is 23.6 Å². The van der Waals surface area contributed by atoms with Crippen LogP contribution in [0.1, 0.15) is 36.9 Å². The fraction of sp³-hybridized carbons (Fsp3) is 0.524. The summed E-state index contributed by atoms with van der Waals surface area (Å²) in [4.78, 5) is 14.3. The molecule has 1 aliphatic heterocycles. The molecule has 12 heteroatoms. The third-order valence-electron chi connectivity index (χ3n) is 5.73. The van der Waals surface area contributed by atoms with Gasteiger partial charge >= 0.3 is 6.18 Å². The van der Waals surface area contributed by atoms with Gasteiger partial charge in [-0.05, 0) is 50.1 Å². The van der Waals surface area contributed by atoms with Gasteiger partial charge in [0, 0.05) is 32.1 Å². The van der Waals surface area contributed by atoms with Gasteiger partial charge in [-0.2, -0.15) is 22.6 Å². The highest BCUT2D eigenvalue weighted by Gasteiger charge is 2.38. The first kappa shape index (κ1) is 23.7. The van der Waals surface area contributed by atoms with E-state index in [2.05, 4.69) is 5.10 Å². The van der Waals surface area contributed by atoms with E-state index in [-0.39, 0.29) is 49.4 Å². The molecule has 33 heavy (non-hydrogen) atoms. The molecule has 8 nitrogen and oxygen atoms in total. The van der Waals surface area contributed by atoms with Crippen molar-refractivity contribution < 1.29 is 26.3 Å². The molecule has 1 saturated heterocycles. The minimum absolute atomic E-state index is 0.0472. The second-order valence-electron chi connectivity index (χ2n) is 8.13. The smallest absolute Gasteiger partial charge is 0.421 e. The van der Waals surface area contributed by atoms with Crippen LogP contribution in [0.3, 0.4) is 0 Å². The Morgan fingerprint density at radius 1 is 1.09 bits per heavy atom. The lowest BCUT2D eigenvalue weighted by Gasteiger charge is -2.34. The van der Waals surface area contributed by atoms with Crippen molar-refractivity contribution in [3.8, 4) is 5.75 Å². The molecule has 0 N–H and O–H groups in total. The van der Waals surface area contributed by atoms with Crippen LogP contribution in [0.25, 0.3) is 0 Å². The van der Waals surface area contributed by atoms with Gasteiger partial charge in [0.25, 0.3) is 5.56 Å². The molecule has 0 atom stereocenters. The van der Waals surface area contributed by atoms with E-state index >= 15 is 0 Å². The molecule has 2 aliphatic rings. The summed E-state index contributed by atoms with van der Waals surface area (Å²) < 4.78 is 73.4. The van der Waals surface area contributed by atoms with Crippen LogP contribution in [-0.4, -0.2) is 60.2 Å². The lowest BCUT2D eigenvalue weighted by Crippen LogP contribution is -2.50. The highest BCUT2D eigenvalue weighted by molar-refractivity contribution is 7.89. The summed E-state index contributed by atoms with van der Waals surface area (Å²) in [6.07, 6.45) is -3.24. The van der Waals surface area contributed by atoms with Gasteiger partial charge in [-0.1, -0.05) is 0 Å². The first-order valence-corrected chi connectivity index (χ1v) is 12.2. The van der Waals surface area contributed by atoms with Crippen molar-refractivity contribution in [2.24, 2.45) is 0 Å². The number of hydrogen-bond acceptors (Lipinski definition) is 6. The van der Waals surface area contributed by atoms with Crippen LogP contribution >= 0.6 is 0 Å². The number of hydrogen-bond donors (Lipinski definition) is 0. The number of nitrogens with zero attached hydrogens (tertiary/aromatic N) is 4. The number of piperazine rings is 1. The van der Waals surface area contributed by atoms with E-state index in [1.54, 1.807) is 17.0 Å². The summed E-state index contributed by atoms with van der Waals surface area (Å²) in [6.45, 7) is 3.01. The van der Waals surface area contributed by atoms with Crippen LogP contribution in [0.5, 0.6) is 5.75 Å². The molecule has 1 aromatic heterocycles. The van der Waals surface area contributed by atoms with E-state index in [0.29, 0.717) is 12.4 Å². The first-order chi connectivity index (χ1) is 15.6. The molecule has 1 aromatic carbocycles. The van der Waals surface area contributed by atoms with Crippen LogP contribution in [0.15, 0.2) is 40.0 Å². The Balaban J connectivity index is 1.45. The van der Waals surface area contributed by atoms with Crippen LogP contribution in [0.2, 0.25) is 0 Å². The van der Waals surface area contributed by atoms with Crippen LogP contribution < -0.4 is 10.3 Å². The number of sulfonamides is 1. The molecule has 180 valence electrons. The van der Waals surface area contributed by atoms with Gasteiger partial charge in [0.05, 0.1) is 23.9 Å². The van der Waals surface area contributed by atoms with Crippen molar-refractivity contribution in [1.29, 1.82) is 0 Å². The summed E-state index contributed by atoms with van der Waals surface area (Å²) in [5.74, 6) is 0.528. The maximum absolute atomic E-state index is 13.3. The number of benzene rings is 1. The molecule has 4 rings (SSSR count). The molecule has 0 radical (unpaired) electrons. The Kier molecular flexibility index (Phi) is 6.52. The first-order valence-electron chi connectivity index (χ1n) is 10.7. The van der Waals surface area contributed by atoms with Crippen molar-refractivity contribution in [2.75, 3.05) is 32.8 Å². The average molecular weight is 487 g/mol. The SMILES string of the molecule is CCOc1ccc(S(=O)(=O)N2CCN(Cn3nc(C4CC4)cc(C(F)(F)F)c3=O)CC2)cc1. The highest BCUT2D eigenvalue weighted by Crippen LogP contribution is 2.40. The van der Waals surface area contributed by atoms with Crippen LogP contribution in [0.4, 0.5) is 13.2 Å². The summed E-state index contributed by atoms with van der Waals surface area (Å²) in [7, 11) is -3.72. The molecular weight excluding hydrogens is 461 g/mol. The highest BCUT2D eigenvalue weighted by atomic mass is 32.2. The van der Waals surface area contributed by atoms with E-state index in [1.165, 1.54) is 16.4 Å². The Hall–Kier alpha value is -2.44. The number of ether oxygens (including phenoxy) is 1. The van der Waals surface area contributed by atoms with Crippen LogP contribution in [0, 0.1) is 0 Å². The lowest BCUT2D eigenvalue weighted by molar-refractivity contribution is -0.139. The Morgan fingerprint density at radius 2 is 1.73 bits per heavy atom. The number of alkyl halides is 3. The molecule has 2 aromatic rings. The Labute approximate surface area is 189 Å². The maximum Gasteiger partial charge on any atom is 0.421 e. The third kappa shape index (κ3) is 5.22. The Bertz CT molecular complexity index is 1150. The topological polar surface area (TPSA) is 84.7 Å². The third-order valence-corrected chi connectivity index (χ3v) is 7.64. The van der Waals surface area contributed by atoms with Gasteiger partial charge < -0.3 is 4.74 Å². The summed E-state index contributed by atoms with van der Waals surface area (Å²) in [5.41, 5.74) is -2.12. The van der Waals surface area contributed by atoms with Crippen LogP contribution in [-0.2, 0) is 22.9 Å². The predicted molar refractivity (Wildman–Crippen MR) is 113 cm³/mol. The summed E-state index contributed by atoms with van der Waals surface area (Å²) in [5, 5.41) is 4.16. The van der Waals surface area contributed by atoms with Gasteiger partial charge in [0.2, 0.25) is 10.0 Å². The van der Waals surface area contributed by atoms with Gasteiger partial charge in [0.1, 0.15) is 11.3 Å². The minimum Gasteiger partial charge on any atom is -0.494 e. The molecule has 1 saturated carbocycles. The normalized spacial score (nSPS) is 18.4. The Morgan fingerprint density at radius 3 is 2.27 bits per heavy atom. The standard InChI is InChI=1S/C21H25F3N4O4S/c1-2-32-16-5-7-17(8-6-16)33(30,31)27-11-9-26(10-12-27)14-28-20(29)18(21(22,23)24)13-19(25-28)15-3-4-15/h5-8,13,15H,2-4,9-12,14H2,1H3. The number of aromatic nitrogens is 2. The second kappa shape index (κ2) is 9.07. The molecule has 1 aliphatic carbocycles. The molecule has 2 fully saturated rings. The van der Waals surface area contributed by atoms with Crippen molar-refractivity contribution in [3.05, 3.63) is 51.9 Å². The zero-order valence-electron chi connectivity index (χ0n) is 18.1. The lowest BCUT2D eigenvalue weighted by atomic mass is 10.2. The quantitative estimate of drug-likeness (QED) is 0.598. The van der Waals surface area contributed by atoms with Gasteiger partial charge in [0.15, 0.2) is 0 Å². The van der Waals surface area contributed by atoms with Crippen molar-refractivity contribution in [1.82, 2.24) is 19.0 Å². The van der Waals surface area contributed by atoms with Gasteiger partial charge in [-0.3, -0.25) is 9.69 Å². The zero-order valence-corrected chi connectivity index (χ0v) is 18.9. The molecule has 0 amide bonds. The van der Waals surface area contributed by atoms with E-state index < -0.39 is 27.3 Å². The molecule has 0 spiro atoms. The second-order valence-corrected chi connectivity index (χ2v) is 10.1. The molecule has 2 heterocycles. The monoisotopic (exact) mass is 486 g/mol. The minimum atomic E-state index is -4.75.